The Kier molecular flexibility index (Phi) is 5.54. The van der Waals surface area contributed by atoms with Gasteiger partial charge in [-0.25, -0.2) is 0 Å². The van der Waals surface area contributed by atoms with Gasteiger partial charge in [0.25, 0.3) is 0 Å². The summed E-state index contributed by atoms with van der Waals surface area (Å²) < 4.78 is 0. The number of rotatable bonds is 4. The highest BCUT2D eigenvalue weighted by Gasteiger charge is 2.33. The lowest BCUT2D eigenvalue weighted by Crippen LogP contribution is -2.41. The number of hydrogen-bond acceptors (Lipinski definition) is 3. The van der Waals surface area contributed by atoms with Gasteiger partial charge in [0.05, 0.1) is 17.5 Å². The van der Waals surface area contributed by atoms with Crippen molar-refractivity contribution in [2.45, 2.75) is 18.9 Å². The van der Waals surface area contributed by atoms with Crippen molar-refractivity contribution in [3.05, 3.63) is 75.9 Å². The third-order valence-electron chi connectivity index (χ3n) is 5.40. The van der Waals surface area contributed by atoms with Crippen LogP contribution in [-0.4, -0.2) is 34.0 Å². The fourth-order valence-corrected chi connectivity index (χ4v) is 4.59. The highest BCUT2D eigenvalue weighted by molar-refractivity contribution is 6.35. The number of aliphatic carboxylic acids is 1. The highest BCUT2D eigenvalue weighted by Crippen LogP contribution is 2.39. The summed E-state index contributed by atoms with van der Waals surface area (Å²) in [5.41, 5.74) is 2.90. The quantitative estimate of drug-likeness (QED) is 0.618. The number of pyridine rings is 1. The molecule has 1 aliphatic rings. The lowest BCUT2D eigenvalue weighted by Gasteiger charge is -2.38. The molecule has 2 atom stereocenters. The van der Waals surface area contributed by atoms with Gasteiger partial charge in [0, 0.05) is 28.2 Å². The Bertz CT molecular complexity index is 1020. The third kappa shape index (κ3) is 3.72. The predicted molar refractivity (Wildman–Crippen MR) is 112 cm³/mol. The van der Waals surface area contributed by atoms with Crippen molar-refractivity contribution in [1.29, 1.82) is 0 Å². The maximum Gasteiger partial charge on any atom is 0.307 e. The fraction of sp³-hybridized carbons (Fsp3) is 0.273. The number of nitrogens with zero attached hydrogens (tertiary/aromatic N) is 2. The van der Waals surface area contributed by atoms with Crippen LogP contribution >= 0.6 is 23.2 Å². The molecule has 1 aromatic heterocycles. The largest absolute Gasteiger partial charge is 0.481 e. The summed E-state index contributed by atoms with van der Waals surface area (Å²) in [6, 6.07) is 15.3. The maximum atomic E-state index is 11.6. The van der Waals surface area contributed by atoms with Gasteiger partial charge < -0.3 is 5.11 Å². The molecule has 0 spiro atoms. The van der Waals surface area contributed by atoms with Crippen molar-refractivity contribution < 1.29 is 9.90 Å². The maximum absolute atomic E-state index is 11.6. The van der Waals surface area contributed by atoms with E-state index in [-0.39, 0.29) is 12.0 Å². The van der Waals surface area contributed by atoms with Crippen LogP contribution in [0.15, 0.2) is 54.7 Å². The topological polar surface area (TPSA) is 53.4 Å². The van der Waals surface area contributed by atoms with Crippen LogP contribution in [0, 0.1) is 5.92 Å². The molecule has 3 aromatic rings. The molecule has 0 bridgehead atoms. The molecule has 2 aromatic carbocycles. The zero-order chi connectivity index (χ0) is 19.7. The summed E-state index contributed by atoms with van der Waals surface area (Å²) in [4.78, 5) is 18.3. The second-order valence-corrected chi connectivity index (χ2v) is 8.00. The van der Waals surface area contributed by atoms with Gasteiger partial charge in [-0.15, -0.1) is 0 Å². The average molecular weight is 415 g/mol. The summed E-state index contributed by atoms with van der Waals surface area (Å²) in [5, 5.41) is 11.8. The van der Waals surface area contributed by atoms with Crippen LogP contribution < -0.4 is 0 Å². The lowest BCUT2D eigenvalue weighted by atomic mass is 9.90. The van der Waals surface area contributed by atoms with Gasteiger partial charge >= 0.3 is 5.97 Å². The van der Waals surface area contributed by atoms with Crippen LogP contribution in [0.1, 0.15) is 30.0 Å². The van der Waals surface area contributed by atoms with E-state index in [1.54, 1.807) is 12.3 Å². The second-order valence-electron chi connectivity index (χ2n) is 7.16. The van der Waals surface area contributed by atoms with Crippen LogP contribution in [0.4, 0.5) is 0 Å². The van der Waals surface area contributed by atoms with E-state index in [1.807, 2.05) is 42.5 Å². The van der Waals surface area contributed by atoms with Gasteiger partial charge in [-0.2, -0.15) is 0 Å². The Morgan fingerprint density at radius 1 is 1.14 bits per heavy atom. The first-order chi connectivity index (χ1) is 13.5. The number of likely N-dealkylation sites (tertiary alicyclic amines) is 1. The lowest BCUT2D eigenvalue weighted by molar-refractivity contribution is -0.143. The van der Waals surface area contributed by atoms with Crippen molar-refractivity contribution in [3.63, 3.8) is 0 Å². The molecule has 0 saturated carbocycles. The minimum absolute atomic E-state index is 0.167. The number of halogens is 2. The minimum atomic E-state index is -0.745. The number of fused-ring (bicyclic) bond motifs is 1. The molecule has 4 nitrogen and oxygen atoms in total. The van der Waals surface area contributed by atoms with Crippen molar-refractivity contribution in [2.75, 3.05) is 13.1 Å². The zero-order valence-corrected chi connectivity index (χ0v) is 16.7. The van der Waals surface area contributed by atoms with Crippen molar-refractivity contribution in [2.24, 2.45) is 5.92 Å². The summed E-state index contributed by atoms with van der Waals surface area (Å²) >= 11 is 12.7. The molecule has 1 aliphatic heterocycles. The Hall–Kier alpha value is -2.14. The van der Waals surface area contributed by atoms with E-state index in [0.29, 0.717) is 23.0 Å². The number of benzene rings is 2. The van der Waals surface area contributed by atoms with Crippen molar-refractivity contribution in [3.8, 4) is 0 Å². The molecule has 144 valence electrons. The van der Waals surface area contributed by atoms with Crippen LogP contribution in [0.3, 0.4) is 0 Å². The van der Waals surface area contributed by atoms with E-state index in [4.69, 9.17) is 23.2 Å². The van der Waals surface area contributed by atoms with E-state index in [2.05, 4.69) is 9.88 Å². The molecule has 0 radical (unpaired) electrons. The summed E-state index contributed by atoms with van der Waals surface area (Å²) in [5.74, 6) is -1.12. The number of carbonyl (C=O) groups is 1. The Balaban J connectivity index is 1.87. The minimum Gasteiger partial charge on any atom is -0.481 e. The SMILES string of the molecule is O=C(O)C1CCCN(C(c2ccc(Cl)cc2Cl)c2ccnc3ccccc23)C1. The van der Waals surface area contributed by atoms with E-state index < -0.39 is 5.97 Å². The molecule has 2 heterocycles. The number of hydrogen-bond donors (Lipinski definition) is 1. The van der Waals surface area contributed by atoms with Crippen LogP contribution in [0.2, 0.25) is 10.0 Å². The van der Waals surface area contributed by atoms with Crippen LogP contribution in [0.25, 0.3) is 10.9 Å². The second kappa shape index (κ2) is 8.08. The molecule has 0 aliphatic carbocycles. The number of aromatic nitrogens is 1. The summed E-state index contributed by atoms with van der Waals surface area (Å²) in [7, 11) is 0. The fourth-order valence-electron chi connectivity index (χ4n) is 4.08. The smallest absolute Gasteiger partial charge is 0.307 e. The molecule has 1 saturated heterocycles. The van der Waals surface area contributed by atoms with Crippen LogP contribution in [-0.2, 0) is 4.79 Å². The van der Waals surface area contributed by atoms with Gasteiger partial charge in [0.2, 0.25) is 0 Å². The molecular weight excluding hydrogens is 395 g/mol. The first-order valence-corrected chi connectivity index (χ1v) is 10.1. The van der Waals surface area contributed by atoms with Gasteiger partial charge in [-0.3, -0.25) is 14.7 Å². The van der Waals surface area contributed by atoms with Gasteiger partial charge in [-0.1, -0.05) is 47.5 Å². The van der Waals surface area contributed by atoms with Crippen LogP contribution in [0.5, 0.6) is 0 Å². The molecule has 0 amide bonds. The highest BCUT2D eigenvalue weighted by atomic mass is 35.5. The number of carboxylic acid groups (broad SMARTS) is 1. The summed E-state index contributed by atoms with van der Waals surface area (Å²) in [6.45, 7) is 1.29. The van der Waals surface area contributed by atoms with E-state index in [0.717, 1.165) is 35.0 Å². The van der Waals surface area contributed by atoms with E-state index in [1.165, 1.54) is 0 Å². The van der Waals surface area contributed by atoms with Crippen molar-refractivity contribution >= 4 is 40.1 Å². The monoisotopic (exact) mass is 414 g/mol. The third-order valence-corrected chi connectivity index (χ3v) is 5.96. The Morgan fingerprint density at radius 3 is 2.75 bits per heavy atom. The number of carboxylic acids is 1. The number of para-hydroxylation sites is 1. The molecule has 28 heavy (non-hydrogen) atoms. The van der Waals surface area contributed by atoms with Gasteiger partial charge in [0.1, 0.15) is 0 Å². The zero-order valence-electron chi connectivity index (χ0n) is 15.2. The molecule has 1 fully saturated rings. The van der Waals surface area contributed by atoms with Gasteiger partial charge in [-0.05, 0) is 54.8 Å². The van der Waals surface area contributed by atoms with Gasteiger partial charge in [0.15, 0.2) is 0 Å². The first kappa shape index (κ1) is 19.2. The molecule has 6 heteroatoms. The van der Waals surface area contributed by atoms with E-state index >= 15 is 0 Å². The average Bonchev–Trinajstić information content (AvgIpc) is 2.70. The van der Waals surface area contributed by atoms with E-state index in [9.17, 15) is 9.90 Å². The Labute approximate surface area is 173 Å². The van der Waals surface area contributed by atoms with Crippen molar-refractivity contribution in [1.82, 2.24) is 9.88 Å². The molecular formula is C22H20Cl2N2O2. The first-order valence-electron chi connectivity index (χ1n) is 9.30. The molecule has 1 N–H and O–H groups in total. The predicted octanol–water partition coefficient (Wildman–Crippen LogP) is 5.43. The Morgan fingerprint density at radius 2 is 1.96 bits per heavy atom. The number of piperidine rings is 1. The summed E-state index contributed by atoms with van der Waals surface area (Å²) in [6.07, 6.45) is 3.33. The standard InChI is InChI=1S/C22H20Cl2N2O2/c23-15-7-8-18(19(24)12-15)21(26-11-3-4-14(13-26)22(27)28)17-9-10-25-20-6-2-1-5-16(17)20/h1-2,5-10,12,14,21H,3-4,11,13H2,(H,27,28). The molecule has 2 unspecified atom stereocenters. The molecule has 4 rings (SSSR count). The normalized spacial score (nSPS) is 18.9.